The van der Waals surface area contributed by atoms with E-state index in [1.54, 1.807) is 18.2 Å². The van der Waals surface area contributed by atoms with Crippen LogP contribution in [0.1, 0.15) is 9.60 Å². The smallest absolute Gasteiger partial charge is 0.164 e. The maximum atomic E-state index is 9.83. The Labute approximate surface area is 371 Å². The van der Waals surface area contributed by atoms with Gasteiger partial charge in [-0.05, 0) is 48.5 Å². The molecule has 0 aliphatic heterocycles. The van der Waals surface area contributed by atoms with Gasteiger partial charge >= 0.3 is 0 Å². The summed E-state index contributed by atoms with van der Waals surface area (Å²) < 4.78 is 75.5. The van der Waals surface area contributed by atoms with E-state index in [1.807, 2.05) is 161 Å². The van der Waals surface area contributed by atoms with Crippen molar-refractivity contribution in [3.05, 3.63) is 212 Å². The second kappa shape index (κ2) is 14.0. The van der Waals surface area contributed by atoms with Crippen molar-refractivity contribution in [2.24, 2.45) is 0 Å². The Bertz CT molecular complexity index is 4270. The summed E-state index contributed by atoms with van der Waals surface area (Å²) in [5, 5.41) is 2.97. The third-order valence-corrected chi connectivity index (χ3v) is 11.8. The number of hydrogen-bond donors (Lipinski definition) is 0. The fourth-order valence-corrected chi connectivity index (χ4v) is 9.06. The molecule has 0 bridgehead atoms. The van der Waals surface area contributed by atoms with Crippen molar-refractivity contribution >= 4 is 65.6 Å². The molecule has 0 spiro atoms. The normalized spacial score (nSPS) is 13.4. The molecule has 0 radical (unpaired) electrons. The van der Waals surface area contributed by atoms with Gasteiger partial charge in [-0.15, -0.1) is 0 Å². The van der Waals surface area contributed by atoms with Gasteiger partial charge in [-0.1, -0.05) is 164 Å². The predicted octanol–water partition coefficient (Wildman–Crippen LogP) is 14.6. The van der Waals surface area contributed by atoms with E-state index in [0.29, 0.717) is 78.6 Å². The number of rotatable bonds is 6. The highest BCUT2D eigenvalue weighted by molar-refractivity contribution is 6.24. The van der Waals surface area contributed by atoms with E-state index in [9.17, 15) is 5.48 Å². The Morgan fingerprint density at radius 2 is 1.00 bits per heavy atom. The molecule has 0 atom stereocenters. The first-order chi connectivity index (χ1) is 34.2. The minimum absolute atomic E-state index is 0.0480. The standard InChI is InChI=1S/C57H35N5O/c1-4-17-36(18-5-1)55-58-56(37-19-6-2-7-20-37)60-57(59-55)38-31-34-50(47(35-38)46-27-16-26-45-42-25-12-15-30-51(42)63-54(45)46)62-49-29-14-11-24-41(49)44-33-32-43-40-23-10-13-28-48(40)61(52(43)53(44)62)39-21-8-3-9-22-39/h1-35H/i10D,11D,13D,23D,24D,32D,33D. The van der Waals surface area contributed by atoms with Crippen molar-refractivity contribution in [1.29, 1.82) is 0 Å². The number of fused-ring (bicyclic) bond motifs is 10. The summed E-state index contributed by atoms with van der Waals surface area (Å²) >= 11 is 0. The van der Waals surface area contributed by atoms with E-state index in [1.165, 1.54) is 0 Å². The minimum Gasteiger partial charge on any atom is -0.455 e. The van der Waals surface area contributed by atoms with Gasteiger partial charge in [0.25, 0.3) is 0 Å². The molecule has 6 nitrogen and oxygen atoms in total. The summed E-state index contributed by atoms with van der Waals surface area (Å²) in [6.07, 6.45) is 0. The fourth-order valence-electron chi connectivity index (χ4n) is 9.06. The van der Waals surface area contributed by atoms with Gasteiger partial charge in [0.1, 0.15) is 11.2 Å². The van der Waals surface area contributed by atoms with E-state index in [4.69, 9.17) is 23.5 Å². The van der Waals surface area contributed by atoms with Gasteiger partial charge in [0, 0.05) is 65.8 Å². The van der Waals surface area contributed by atoms with Crippen LogP contribution >= 0.6 is 0 Å². The SMILES string of the molecule is [2H]c1cc2c(c([2H])c1[2H])c1c([2H])c([2H])c3c4c([2H])c([2H])ccc4n(-c4ccc(-c5nc(-c6ccccc6)nc(-c6ccccc6)n5)cc4-c4cccc5c4oc4ccccc45)c3c1n2-c1ccccc1. The highest BCUT2D eigenvalue weighted by Crippen LogP contribution is 2.45. The van der Waals surface area contributed by atoms with Crippen LogP contribution in [0.25, 0.3) is 122 Å². The lowest BCUT2D eigenvalue weighted by atomic mass is 9.97. The van der Waals surface area contributed by atoms with Crippen LogP contribution in [0.2, 0.25) is 0 Å². The Kier molecular flexibility index (Phi) is 6.39. The molecule has 0 saturated heterocycles. The third kappa shape index (κ3) is 5.48. The maximum Gasteiger partial charge on any atom is 0.164 e. The second-order valence-electron chi connectivity index (χ2n) is 15.4. The molecule has 63 heavy (non-hydrogen) atoms. The molecule has 0 aliphatic carbocycles. The van der Waals surface area contributed by atoms with Crippen LogP contribution in [-0.4, -0.2) is 24.1 Å². The topological polar surface area (TPSA) is 61.7 Å². The molecule has 294 valence electrons. The Balaban J connectivity index is 1.22. The van der Waals surface area contributed by atoms with Crippen LogP contribution in [0.3, 0.4) is 0 Å². The van der Waals surface area contributed by atoms with Crippen molar-refractivity contribution < 1.29 is 14.0 Å². The van der Waals surface area contributed by atoms with Gasteiger partial charge in [0.15, 0.2) is 17.5 Å². The summed E-state index contributed by atoms with van der Waals surface area (Å²) in [7, 11) is 0. The van der Waals surface area contributed by atoms with E-state index >= 15 is 0 Å². The van der Waals surface area contributed by atoms with E-state index < -0.39 is 0 Å². The largest absolute Gasteiger partial charge is 0.455 e. The molecule has 4 aromatic heterocycles. The molecular weight excluding hydrogens is 771 g/mol. The lowest BCUT2D eigenvalue weighted by Gasteiger charge is -2.17. The van der Waals surface area contributed by atoms with Gasteiger partial charge in [0.05, 0.1) is 37.3 Å². The summed E-state index contributed by atoms with van der Waals surface area (Å²) in [5.74, 6) is 1.42. The van der Waals surface area contributed by atoms with Gasteiger partial charge in [-0.2, -0.15) is 0 Å². The van der Waals surface area contributed by atoms with Crippen molar-refractivity contribution in [2.45, 2.75) is 0 Å². The van der Waals surface area contributed by atoms with Crippen molar-refractivity contribution in [3.8, 4) is 56.7 Å². The summed E-state index contributed by atoms with van der Waals surface area (Å²) in [5.41, 5.74) is 8.20. The molecule has 0 fully saturated rings. The van der Waals surface area contributed by atoms with Crippen LogP contribution in [0, 0.1) is 0 Å². The second-order valence-corrected chi connectivity index (χ2v) is 15.4. The monoisotopic (exact) mass is 812 g/mol. The quantitative estimate of drug-likeness (QED) is 0.168. The van der Waals surface area contributed by atoms with Gasteiger partial charge in [-0.3, -0.25) is 0 Å². The molecule has 0 amide bonds. The Morgan fingerprint density at radius 1 is 0.397 bits per heavy atom. The minimum atomic E-state index is -0.292. The first kappa shape index (κ1) is 28.8. The van der Waals surface area contributed by atoms with Crippen LogP contribution in [0.4, 0.5) is 0 Å². The van der Waals surface area contributed by atoms with Crippen LogP contribution < -0.4 is 0 Å². The molecule has 4 heterocycles. The number of nitrogens with zero attached hydrogens (tertiary/aromatic N) is 5. The van der Waals surface area contributed by atoms with Crippen LogP contribution in [0.5, 0.6) is 0 Å². The number of hydrogen-bond acceptors (Lipinski definition) is 4. The highest BCUT2D eigenvalue weighted by Gasteiger charge is 2.25. The lowest BCUT2D eigenvalue weighted by molar-refractivity contribution is 0.670. The molecule has 13 aromatic rings. The van der Waals surface area contributed by atoms with Crippen molar-refractivity contribution in [1.82, 2.24) is 24.1 Å². The Hall–Kier alpha value is -8.61. The van der Waals surface area contributed by atoms with E-state index in [0.717, 1.165) is 27.5 Å². The molecule has 0 saturated carbocycles. The molecule has 13 rings (SSSR count). The molecule has 9 aromatic carbocycles. The molecule has 0 unspecified atom stereocenters. The first-order valence-electron chi connectivity index (χ1n) is 24.1. The van der Waals surface area contributed by atoms with Gasteiger partial charge in [0.2, 0.25) is 0 Å². The number of para-hydroxylation sites is 5. The van der Waals surface area contributed by atoms with Crippen LogP contribution in [-0.2, 0) is 0 Å². The zero-order valence-corrected chi connectivity index (χ0v) is 33.3. The predicted molar refractivity (Wildman–Crippen MR) is 258 cm³/mol. The molecule has 6 heteroatoms. The van der Waals surface area contributed by atoms with Crippen molar-refractivity contribution in [2.75, 3.05) is 0 Å². The highest BCUT2D eigenvalue weighted by atomic mass is 16.3. The van der Waals surface area contributed by atoms with E-state index in [-0.39, 0.29) is 58.5 Å². The van der Waals surface area contributed by atoms with E-state index in [2.05, 4.69) is 0 Å². The average molecular weight is 813 g/mol. The molecule has 0 aliphatic rings. The number of aromatic nitrogens is 5. The van der Waals surface area contributed by atoms with Gasteiger partial charge < -0.3 is 13.6 Å². The zero-order chi connectivity index (χ0) is 47.5. The summed E-state index contributed by atoms with van der Waals surface area (Å²) in [6, 6.07) is 52.6. The molecular formula is C57H35N5O. The van der Waals surface area contributed by atoms with Gasteiger partial charge in [-0.25, -0.2) is 15.0 Å². The summed E-state index contributed by atoms with van der Waals surface area (Å²) in [4.78, 5) is 15.2. The lowest BCUT2D eigenvalue weighted by Crippen LogP contribution is -2.03. The van der Waals surface area contributed by atoms with Crippen LogP contribution in [0.15, 0.2) is 217 Å². The molecule has 0 N–H and O–H groups in total. The van der Waals surface area contributed by atoms with Crippen molar-refractivity contribution in [3.63, 3.8) is 0 Å². The third-order valence-electron chi connectivity index (χ3n) is 11.8. The number of furan rings is 1. The summed E-state index contributed by atoms with van der Waals surface area (Å²) in [6.45, 7) is 0. The fraction of sp³-hybridized carbons (Fsp3) is 0. The Morgan fingerprint density at radius 3 is 1.73 bits per heavy atom. The maximum absolute atomic E-state index is 9.83. The average Bonchev–Trinajstić information content (AvgIpc) is 4.07. The zero-order valence-electron chi connectivity index (χ0n) is 40.3. The first-order valence-corrected chi connectivity index (χ1v) is 20.6. The number of benzene rings is 9.